The van der Waals surface area contributed by atoms with Crippen LogP contribution in [-0.2, 0) is 17.8 Å². The summed E-state index contributed by atoms with van der Waals surface area (Å²) in [5.74, 6) is -1.14. The van der Waals surface area contributed by atoms with Gasteiger partial charge in [-0.15, -0.1) is 0 Å². The van der Waals surface area contributed by atoms with Crippen LogP contribution in [0.3, 0.4) is 0 Å². The summed E-state index contributed by atoms with van der Waals surface area (Å²) in [6, 6.07) is 15.6. The molecule has 1 amide bonds. The number of rotatable bonds is 6. The van der Waals surface area contributed by atoms with E-state index in [4.69, 9.17) is 0 Å². The number of para-hydroxylation sites is 1. The topological polar surface area (TPSA) is 51.1 Å². The van der Waals surface area contributed by atoms with Crippen LogP contribution in [0, 0.1) is 20.8 Å². The third kappa shape index (κ3) is 4.06. The number of anilines is 1. The number of hydrogen-bond acceptors (Lipinski definition) is 2. The van der Waals surface area contributed by atoms with Crippen molar-refractivity contribution < 1.29 is 9.59 Å². The van der Waals surface area contributed by atoms with E-state index in [0.717, 1.165) is 28.8 Å². The Hall–Kier alpha value is -3.14. The van der Waals surface area contributed by atoms with Gasteiger partial charge in [0.15, 0.2) is 0 Å². The largest absolute Gasteiger partial charge is 0.340 e. The highest BCUT2D eigenvalue weighted by Crippen LogP contribution is 2.21. The Balaban J connectivity index is 1.81. The van der Waals surface area contributed by atoms with Crippen LogP contribution in [0.4, 0.5) is 5.69 Å². The molecule has 0 unspecified atom stereocenters. The Kier molecular flexibility index (Phi) is 5.78. The first-order chi connectivity index (χ1) is 13.4. The Morgan fingerprint density at radius 2 is 1.71 bits per heavy atom. The number of Topliss-reactive ketones (excluding diaryl/α,β-unsaturated/α-hetero) is 1. The summed E-state index contributed by atoms with van der Waals surface area (Å²) in [4.78, 5) is 25.5. The maximum absolute atomic E-state index is 12.8. The summed E-state index contributed by atoms with van der Waals surface area (Å²) in [7, 11) is 0. The minimum atomic E-state index is -0.607. The Morgan fingerprint density at radius 1 is 0.929 bits per heavy atom. The number of aromatic nitrogens is 1. The van der Waals surface area contributed by atoms with Gasteiger partial charge in [-0.1, -0.05) is 43.3 Å². The third-order valence-corrected chi connectivity index (χ3v) is 5.17. The van der Waals surface area contributed by atoms with E-state index in [9.17, 15) is 9.59 Å². The van der Waals surface area contributed by atoms with E-state index in [1.165, 1.54) is 11.1 Å². The zero-order chi connectivity index (χ0) is 20.3. The first-order valence-corrected chi connectivity index (χ1v) is 9.56. The van der Waals surface area contributed by atoms with Crippen LogP contribution >= 0.6 is 0 Å². The molecular weight excluding hydrogens is 348 g/mol. The molecule has 0 fully saturated rings. The van der Waals surface area contributed by atoms with Crippen molar-refractivity contribution in [2.45, 2.75) is 40.7 Å². The second kappa shape index (κ2) is 8.26. The highest BCUT2D eigenvalue weighted by atomic mass is 16.2. The number of nitrogens with one attached hydrogen (secondary N) is 1. The fourth-order valence-corrected chi connectivity index (χ4v) is 3.35. The monoisotopic (exact) mass is 374 g/mol. The lowest BCUT2D eigenvalue weighted by Crippen LogP contribution is -2.26. The molecule has 1 heterocycles. The molecule has 0 aliphatic heterocycles. The average Bonchev–Trinajstić information content (AvgIpc) is 3.13. The quantitative estimate of drug-likeness (QED) is 0.495. The summed E-state index contributed by atoms with van der Waals surface area (Å²) in [5, 5.41) is 2.82. The fraction of sp³-hybridized carbons (Fsp3) is 0.250. The molecule has 4 heteroatoms. The van der Waals surface area contributed by atoms with Crippen LogP contribution < -0.4 is 5.32 Å². The van der Waals surface area contributed by atoms with Gasteiger partial charge in [0, 0.05) is 18.4 Å². The number of carbonyl (C=O) groups excluding carboxylic acids is 2. The molecule has 4 nitrogen and oxygen atoms in total. The number of ketones is 1. The lowest BCUT2D eigenvalue weighted by Gasteiger charge is -2.13. The van der Waals surface area contributed by atoms with Crippen LogP contribution in [-0.4, -0.2) is 16.3 Å². The van der Waals surface area contributed by atoms with Crippen LogP contribution in [0.2, 0.25) is 0 Å². The molecule has 0 bridgehead atoms. The number of hydrogen-bond donors (Lipinski definition) is 1. The van der Waals surface area contributed by atoms with E-state index in [1.807, 2.05) is 42.8 Å². The van der Waals surface area contributed by atoms with Gasteiger partial charge >= 0.3 is 0 Å². The predicted octanol–water partition coefficient (Wildman–Crippen LogP) is 4.85. The summed E-state index contributed by atoms with van der Waals surface area (Å²) < 4.78 is 1.82. The summed E-state index contributed by atoms with van der Waals surface area (Å²) >= 11 is 0. The molecular formula is C24H26N2O2. The van der Waals surface area contributed by atoms with E-state index < -0.39 is 11.7 Å². The molecule has 1 aromatic heterocycles. The van der Waals surface area contributed by atoms with Gasteiger partial charge < -0.3 is 9.88 Å². The Labute approximate surface area is 166 Å². The van der Waals surface area contributed by atoms with Gasteiger partial charge in [-0.25, -0.2) is 0 Å². The zero-order valence-corrected chi connectivity index (χ0v) is 16.9. The minimum Gasteiger partial charge on any atom is -0.340 e. The van der Waals surface area contributed by atoms with Crippen LogP contribution in [0.1, 0.15) is 45.2 Å². The molecule has 144 valence electrons. The normalized spacial score (nSPS) is 10.7. The smallest absolute Gasteiger partial charge is 0.298 e. The molecule has 0 saturated heterocycles. The van der Waals surface area contributed by atoms with Gasteiger partial charge in [0.25, 0.3) is 11.7 Å². The van der Waals surface area contributed by atoms with Crippen molar-refractivity contribution in [2.75, 3.05) is 5.32 Å². The van der Waals surface area contributed by atoms with Crippen molar-refractivity contribution in [1.82, 2.24) is 4.57 Å². The number of carbonyl (C=O) groups is 2. The highest BCUT2D eigenvalue weighted by Gasteiger charge is 2.21. The maximum atomic E-state index is 12.8. The molecule has 0 saturated carbocycles. The molecule has 3 aromatic rings. The summed E-state index contributed by atoms with van der Waals surface area (Å²) in [5.41, 5.74) is 6.63. The summed E-state index contributed by atoms with van der Waals surface area (Å²) in [6.45, 7) is 8.65. The maximum Gasteiger partial charge on any atom is 0.298 e. The summed E-state index contributed by atoms with van der Waals surface area (Å²) in [6.07, 6.45) is 2.62. The standard InChI is InChI=1S/C24H26N2O2/c1-5-20-9-6-8-17(3)22(20)25-24(28)23(27)21-10-7-13-26(21)15-19-12-11-16(2)18(4)14-19/h6-14H,5,15H2,1-4H3,(H,25,28). The van der Waals surface area contributed by atoms with E-state index in [0.29, 0.717) is 12.2 Å². The minimum absolute atomic E-state index is 0.391. The van der Waals surface area contributed by atoms with E-state index in [2.05, 4.69) is 37.4 Å². The molecule has 1 N–H and O–H groups in total. The highest BCUT2D eigenvalue weighted by molar-refractivity contribution is 6.46. The van der Waals surface area contributed by atoms with Crippen LogP contribution in [0.25, 0.3) is 0 Å². The van der Waals surface area contributed by atoms with Crippen molar-refractivity contribution in [3.05, 3.63) is 88.2 Å². The van der Waals surface area contributed by atoms with Gasteiger partial charge in [-0.2, -0.15) is 0 Å². The van der Waals surface area contributed by atoms with Gasteiger partial charge in [0.1, 0.15) is 0 Å². The molecule has 2 aromatic carbocycles. The molecule has 0 spiro atoms. The van der Waals surface area contributed by atoms with Crippen molar-refractivity contribution in [3.63, 3.8) is 0 Å². The third-order valence-electron chi connectivity index (χ3n) is 5.17. The first-order valence-electron chi connectivity index (χ1n) is 9.56. The Morgan fingerprint density at radius 3 is 2.43 bits per heavy atom. The van der Waals surface area contributed by atoms with Crippen molar-refractivity contribution in [1.29, 1.82) is 0 Å². The molecule has 0 radical (unpaired) electrons. The van der Waals surface area contributed by atoms with Gasteiger partial charge in [0.2, 0.25) is 0 Å². The van der Waals surface area contributed by atoms with E-state index >= 15 is 0 Å². The molecule has 28 heavy (non-hydrogen) atoms. The van der Waals surface area contributed by atoms with Crippen molar-refractivity contribution in [3.8, 4) is 0 Å². The lowest BCUT2D eigenvalue weighted by molar-refractivity contribution is -0.112. The van der Waals surface area contributed by atoms with Crippen molar-refractivity contribution >= 4 is 17.4 Å². The lowest BCUT2D eigenvalue weighted by atomic mass is 10.1. The Bertz CT molecular complexity index is 1030. The SMILES string of the molecule is CCc1cccc(C)c1NC(=O)C(=O)c1cccn1Cc1ccc(C)c(C)c1. The van der Waals surface area contributed by atoms with Crippen molar-refractivity contribution in [2.24, 2.45) is 0 Å². The number of amides is 1. The molecule has 0 aliphatic rings. The first kappa shape index (κ1) is 19.6. The second-order valence-corrected chi connectivity index (χ2v) is 7.19. The average molecular weight is 374 g/mol. The van der Waals surface area contributed by atoms with Gasteiger partial charge in [-0.05, 0) is 67.1 Å². The van der Waals surface area contributed by atoms with Gasteiger partial charge in [-0.3, -0.25) is 9.59 Å². The van der Waals surface area contributed by atoms with E-state index in [1.54, 1.807) is 12.1 Å². The predicted molar refractivity (Wildman–Crippen MR) is 113 cm³/mol. The number of benzene rings is 2. The molecule has 0 atom stereocenters. The molecule has 0 aliphatic carbocycles. The van der Waals surface area contributed by atoms with Crippen LogP contribution in [0.5, 0.6) is 0 Å². The molecule has 3 rings (SSSR count). The zero-order valence-electron chi connectivity index (χ0n) is 16.9. The number of nitrogens with zero attached hydrogens (tertiary/aromatic N) is 1. The van der Waals surface area contributed by atoms with Gasteiger partial charge in [0.05, 0.1) is 5.69 Å². The van der Waals surface area contributed by atoms with Crippen LogP contribution in [0.15, 0.2) is 54.7 Å². The second-order valence-electron chi connectivity index (χ2n) is 7.19. The number of aryl methyl sites for hydroxylation is 4. The fourth-order valence-electron chi connectivity index (χ4n) is 3.35. The van der Waals surface area contributed by atoms with E-state index in [-0.39, 0.29) is 0 Å².